The number of hydrogen-bond donors (Lipinski definition) is 0. The van der Waals surface area contributed by atoms with Gasteiger partial charge in [-0.1, -0.05) is 4.98 Å². The normalized spacial score (nSPS) is 12.9. The Balaban J connectivity index is 3.00. The first-order valence-corrected chi connectivity index (χ1v) is 4.52. The number of allylic oxidation sites excluding steroid dienone is 1. The monoisotopic (exact) mass is 224 g/mol. The van der Waals surface area contributed by atoms with E-state index in [4.69, 9.17) is 0 Å². The van der Waals surface area contributed by atoms with Crippen LogP contribution in [0.4, 0.5) is 5.95 Å². The lowest BCUT2D eigenvalue weighted by molar-refractivity contribution is -0.422. The van der Waals surface area contributed by atoms with Gasteiger partial charge in [0.05, 0.1) is 7.05 Å². The zero-order valence-electron chi connectivity index (χ0n) is 9.25. The van der Waals surface area contributed by atoms with Gasteiger partial charge in [-0.2, -0.15) is 0 Å². The molecule has 0 atom stereocenters. The number of rotatable bonds is 3. The van der Waals surface area contributed by atoms with Crippen LogP contribution < -0.4 is 0 Å². The first kappa shape index (κ1) is 11.9. The van der Waals surface area contributed by atoms with Gasteiger partial charge in [0.15, 0.2) is 5.71 Å². The highest BCUT2D eigenvalue weighted by Crippen LogP contribution is 2.11. The Morgan fingerprint density at radius 1 is 1.56 bits per heavy atom. The summed E-state index contributed by atoms with van der Waals surface area (Å²) in [6.07, 6.45) is 4.56. The van der Waals surface area contributed by atoms with Crippen molar-refractivity contribution in [1.82, 2.24) is 9.55 Å². The zero-order chi connectivity index (χ0) is 12.3. The Kier molecular flexibility index (Phi) is 3.39. The van der Waals surface area contributed by atoms with Gasteiger partial charge in [-0.15, -0.1) is 0 Å². The van der Waals surface area contributed by atoms with E-state index in [1.807, 2.05) is 0 Å². The number of nitrogens with zero attached hydrogens (tertiary/aromatic N) is 4. The van der Waals surface area contributed by atoms with Crippen LogP contribution in [-0.2, 0) is 7.05 Å². The van der Waals surface area contributed by atoms with Crippen LogP contribution in [0.2, 0.25) is 0 Å². The fourth-order valence-corrected chi connectivity index (χ4v) is 1.05. The van der Waals surface area contributed by atoms with Crippen molar-refractivity contribution in [1.29, 1.82) is 0 Å². The molecule has 0 fully saturated rings. The van der Waals surface area contributed by atoms with E-state index < -0.39 is 4.92 Å². The first-order chi connectivity index (χ1) is 7.43. The number of aromatic nitrogens is 2. The zero-order valence-corrected chi connectivity index (χ0v) is 9.25. The molecular weight excluding hydrogens is 212 g/mol. The second-order valence-electron chi connectivity index (χ2n) is 3.27. The highest BCUT2D eigenvalue weighted by Gasteiger charge is 2.15. The summed E-state index contributed by atoms with van der Waals surface area (Å²) >= 11 is 0. The third-order valence-corrected chi connectivity index (χ3v) is 2.15. The molecule has 86 valence electrons. The minimum atomic E-state index is -0.562. The van der Waals surface area contributed by atoms with E-state index >= 15 is 0 Å². The molecule has 7 nitrogen and oxygen atoms in total. The minimum Gasteiger partial charge on any atom is -0.624 e. The standard InChI is InChI=1S/C9H12N4O3/c1-7(12(3)14)4-5-8-6-10-9(11(8)2)13(15)16/h4-6H,1-3H3. The van der Waals surface area contributed by atoms with Crippen molar-refractivity contribution < 1.29 is 9.66 Å². The summed E-state index contributed by atoms with van der Waals surface area (Å²) in [5.74, 6) is -0.229. The second-order valence-corrected chi connectivity index (χ2v) is 3.27. The van der Waals surface area contributed by atoms with Gasteiger partial charge in [-0.3, -0.25) is 0 Å². The summed E-state index contributed by atoms with van der Waals surface area (Å²) in [6, 6.07) is 0. The predicted molar refractivity (Wildman–Crippen MR) is 59.1 cm³/mol. The lowest BCUT2D eigenvalue weighted by atomic mass is 10.3. The third kappa shape index (κ3) is 2.44. The molecule has 1 heterocycles. The molecule has 0 spiro atoms. The molecule has 0 aliphatic rings. The molecule has 0 amide bonds. The first-order valence-electron chi connectivity index (χ1n) is 4.52. The summed E-state index contributed by atoms with van der Waals surface area (Å²) in [5.41, 5.74) is 1.07. The molecule has 0 aliphatic carbocycles. The van der Waals surface area contributed by atoms with E-state index in [1.165, 1.54) is 17.8 Å². The van der Waals surface area contributed by atoms with Crippen LogP contribution in [0.5, 0.6) is 0 Å². The molecule has 16 heavy (non-hydrogen) atoms. The van der Waals surface area contributed by atoms with Gasteiger partial charge in [0.25, 0.3) is 0 Å². The Morgan fingerprint density at radius 2 is 2.19 bits per heavy atom. The average Bonchev–Trinajstić information content (AvgIpc) is 2.56. The molecule has 7 heteroatoms. The van der Waals surface area contributed by atoms with Gasteiger partial charge >= 0.3 is 5.95 Å². The fourth-order valence-electron chi connectivity index (χ4n) is 1.05. The molecule has 0 unspecified atom stereocenters. The van der Waals surface area contributed by atoms with E-state index in [0.29, 0.717) is 16.1 Å². The highest BCUT2D eigenvalue weighted by atomic mass is 16.6. The van der Waals surface area contributed by atoms with Gasteiger partial charge < -0.3 is 15.3 Å². The maximum atomic E-state index is 10.9. The van der Waals surface area contributed by atoms with Crippen molar-refractivity contribution in [3.05, 3.63) is 33.3 Å². The van der Waals surface area contributed by atoms with Gasteiger partial charge in [-0.25, -0.2) is 9.31 Å². The summed E-state index contributed by atoms with van der Waals surface area (Å²) in [4.78, 5) is 13.6. The molecule has 0 saturated carbocycles. The van der Waals surface area contributed by atoms with Gasteiger partial charge in [0.1, 0.15) is 18.9 Å². The minimum absolute atomic E-state index is 0.229. The van der Waals surface area contributed by atoms with E-state index in [1.54, 1.807) is 26.1 Å². The van der Waals surface area contributed by atoms with Gasteiger partial charge in [0.2, 0.25) is 0 Å². The van der Waals surface area contributed by atoms with E-state index in [-0.39, 0.29) is 5.95 Å². The Labute approximate surface area is 92.1 Å². The summed E-state index contributed by atoms with van der Waals surface area (Å²) in [5, 5.41) is 21.4. The van der Waals surface area contributed by atoms with Crippen LogP contribution in [-0.4, -0.2) is 32.0 Å². The van der Waals surface area contributed by atoms with Crippen molar-refractivity contribution in [3.63, 3.8) is 0 Å². The number of hydrogen-bond acceptors (Lipinski definition) is 4. The van der Waals surface area contributed by atoms with Gasteiger partial charge in [0, 0.05) is 13.0 Å². The van der Waals surface area contributed by atoms with Crippen molar-refractivity contribution in [2.75, 3.05) is 7.05 Å². The smallest absolute Gasteiger partial charge is 0.434 e. The Morgan fingerprint density at radius 3 is 2.62 bits per heavy atom. The molecular formula is C9H12N4O3. The SMILES string of the molecule is CC(C=Cc1cnc([N+](=O)[O-])n1C)=[N+](C)[O-]. The molecule has 0 saturated heterocycles. The third-order valence-electron chi connectivity index (χ3n) is 2.15. The second kappa shape index (κ2) is 4.56. The lowest BCUT2D eigenvalue weighted by Gasteiger charge is -1.97. The number of imidazole rings is 1. The Bertz CT molecular complexity index is 469. The predicted octanol–water partition coefficient (Wildman–Crippen LogP) is 0.942. The topological polar surface area (TPSA) is 87.0 Å². The average molecular weight is 224 g/mol. The maximum absolute atomic E-state index is 10.9. The van der Waals surface area contributed by atoms with Crippen LogP contribution in [0, 0.1) is 15.3 Å². The molecule has 0 radical (unpaired) electrons. The van der Waals surface area contributed by atoms with Gasteiger partial charge in [-0.05, 0) is 11.0 Å². The van der Waals surface area contributed by atoms with E-state index in [9.17, 15) is 15.3 Å². The largest absolute Gasteiger partial charge is 0.624 e. The van der Waals surface area contributed by atoms with Crippen molar-refractivity contribution in [3.8, 4) is 0 Å². The molecule has 0 N–H and O–H groups in total. The van der Waals surface area contributed by atoms with Crippen LogP contribution in [0.15, 0.2) is 12.3 Å². The van der Waals surface area contributed by atoms with E-state index in [0.717, 1.165) is 0 Å². The Hall–Kier alpha value is -2.18. The number of hydroxylamine groups is 1. The van der Waals surface area contributed by atoms with Crippen molar-refractivity contribution in [2.45, 2.75) is 6.92 Å². The summed E-state index contributed by atoms with van der Waals surface area (Å²) < 4.78 is 2.05. The summed E-state index contributed by atoms with van der Waals surface area (Å²) in [6.45, 7) is 1.65. The van der Waals surface area contributed by atoms with Crippen LogP contribution >= 0.6 is 0 Å². The highest BCUT2D eigenvalue weighted by molar-refractivity contribution is 5.92. The quantitative estimate of drug-likeness (QED) is 0.251. The number of nitro groups is 1. The van der Waals surface area contributed by atoms with Crippen LogP contribution in [0.1, 0.15) is 12.6 Å². The molecule has 0 aromatic carbocycles. The van der Waals surface area contributed by atoms with Crippen LogP contribution in [0.25, 0.3) is 6.08 Å². The van der Waals surface area contributed by atoms with Crippen LogP contribution in [0.3, 0.4) is 0 Å². The maximum Gasteiger partial charge on any atom is 0.434 e. The molecule has 1 aromatic rings. The fraction of sp³-hybridized carbons (Fsp3) is 0.333. The van der Waals surface area contributed by atoms with Crippen molar-refractivity contribution in [2.24, 2.45) is 7.05 Å². The summed E-state index contributed by atoms with van der Waals surface area (Å²) in [7, 11) is 2.92. The molecule has 0 bridgehead atoms. The molecule has 0 aliphatic heterocycles. The van der Waals surface area contributed by atoms with E-state index in [2.05, 4.69) is 4.98 Å². The molecule has 1 rings (SSSR count). The van der Waals surface area contributed by atoms with Crippen molar-refractivity contribution >= 4 is 17.7 Å². The molecule has 1 aromatic heterocycles. The lowest BCUT2D eigenvalue weighted by Crippen LogP contribution is -2.04.